The van der Waals surface area contributed by atoms with Crippen LogP contribution in [0.3, 0.4) is 0 Å². The minimum atomic E-state index is -0.223. The fourth-order valence-electron chi connectivity index (χ4n) is 2.07. The summed E-state index contributed by atoms with van der Waals surface area (Å²) in [4.78, 5) is 3.03. The fraction of sp³-hybridized carbons (Fsp3) is 0.0714. The van der Waals surface area contributed by atoms with Crippen molar-refractivity contribution in [2.45, 2.75) is 6.92 Å². The zero-order valence-electron chi connectivity index (χ0n) is 9.77. The highest BCUT2D eigenvalue weighted by Crippen LogP contribution is 2.22. The van der Waals surface area contributed by atoms with Crippen LogP contribution in [-0.4, -0.2) is 9.55 Å². The summed E-state index contributed by atoms with van der Waals surface area (Å²) in [5.74, 6) is -0.223. The van der Waals surface area contributed by atoms with E-state index >= 15 is 0 Å². The van der Waals surface area contributed by atoms with Crippen molar-refractivity contribution in [3.63, 3.8) is 0 Å². The van der Waals surface area contributed by atoms with Gasteiger partial charge in [0.2, 0.25) is 0 Å². The average Bonchev–Trinajstić information content (AvgIpc) is 2.66. The molecule has 0 bridgehead atoms. The zero-order chi connectivity index (χ0) is 12.7. The first-order valence-electron chi connectivity index (χ1n) is 5.63. The molecule has 1 aromatic heterocycles. The van der Waals surface area contributed by atoms with Gasteiger partial charge in [-0.05, 0) is 49.0 Å². The molecular weight excluding hydrogens is 247 g/mol. The Labute approximate surface area is 109 Å². The number of nitrogens with one attached hydrogen (secondary N) is 1. The van der Waals surface area contributed by atoms with Gasteiger partial charge < -0.3 is 4.98 Å². The number of rotatable bonds is 1. The first-order chi connectivity index (χ1) is 8.66. The Kier molecular flexibility index (Phi) is 2.52. The van der Waals surface area contributed by atoms with Gasteiger partial charge in [-0.2, -0.15) is 0 Å². The second kappa shape index (κ2) is 4.07. The summed E-state index contributed by atoms with van der Waals surface area (Å²) >= 11 is 5.31. The minimum Gasteiger partial charge on any atom is -0.330 e. The summed E-state index contributed by atoms with van der Waals surface area (Å²) in [6, 6.07) is 13.1. The summed E-state index contributed by atoms with van der Waals surface area (Å²) < 4.78 is 16.0. The smallest absolute Gasteiger partial charge is 0.182 e. The van der Waals surface area contributed by atoms with Crippen LogP contribution in [0.4, 0.5) is 4.39 Å². The Morgan fingerprint density at radius 3 is 2.61 bits per heavy atom. The molecule has 0 fully saturated rings. The van der Waals surface area contributed by atoms with Crippen LogP contribution in [0.1, 0.15) is 5.56 Å². The molecule has 0 aliphatic heterocycles. The van der Waals surface area contributed by atoms with Gasteiger partial charge in [0, 0.05) is 5.69 Å². The highest BCUT2D eigenvalue weighted by molar-refractivity contribution is 7.71. The normalized spacial score (nSPS) is 11.0. The van der Waals surface area contributed by atoms with Gasteiger partial charge >= 0.3 is 0 Å². The molecule has 0 saturated heterocycles. The Morgan fingerprint density at radius 1 is 1.17 bits per heavy atom. The zero-order valence-corrected chi connectivity index (χ0v) is 10.6. The first kappa shape index (κ1) is 11.2. The van der Waals surface area contributed by atoms with Crippen molar-refractivity contribution in [2.75, 3.05) is 0 Å². The molecule has 0 radical (unpaired) electrons. The van der Waals surface area contributed by atoms with Gasteiger partial charge in [-0.15, -0.1) is 0 Å². The highest BCUT2D eigenvalue weighted by Gasteiger charge is 2.09. The Balaban J connectivity index is 2.40. The lowest BCUT2D eigenvalue weighted by atomic mass is 10.2. The molecule has 18 heavy (non-hydrogen) atoms. The van der Waals surface area contributed by atoms with Crippen molar-refractivity contribution >= 4 is 23.3 Å². The summed E-state index contributed by atoms with van der Waals surface area (Å²) in [5.41, 5.74) is 3.19. The lowest BCUT2D eigenvalue weighted by molar-refractivity contribution is 0.620. The quantitative estimate of drug-likeness (QED) is 0.651. The number of aryl methyl sites for hydroxylation is 1. The number of imidazole rings is 1. The molecule has 0 aliphatic carbocycles. The largest absolute Gasteiger partial charge is 0.330 e. The van der Waals surface area contributed by atoms with E-state index in [1.165, 1.54) is 6.07 Å². The van der Waals surface area contributed by atoms with E-state index in [-0.39, 0.29) is 5.82 Å². The first-order valence-corrected chi connectivity index (χ1v) is 6.04. The highest BCUT2D eigenvalue weighted by atomic mass is 32.1. The number of benzene rings is 2. The molecule has 90 valence electrons. The van der Waals surface area contributed by atoms with E-state index in [2.05, 4.69) is 4.98 Å². The predicted octanol–water partition coefficient (Wildman–Crippen LogP) is 4.14. The SMILES string of the molecule is Cc1cc2c(cc1F)[nH]c(=S)n2-c1ccccc1. The molecule has 1 N–H and O–H groups in total. The van der Waals surface area contributed by atoms with Gasteiger partial charge in [-0.1, -0.05) is 18.2 Å². The summed E-state index contributed by atoms with van der Waals surface area (Å²) in [7, 11) is 0. The van der Waals surface area contributed by atoms with E-state index in [4.69, 9.17) is 12.2 Å². The molecule has 3 rings (SSSR count). The predicted molar refractivity (Wildman–Crippen MR) is 73.2 cm³/mol. The van der Waals surface area contributed by atoms with E-state index < -0.39 is 0 Å². The van der Waals surface area contributed by atoms with Gasteiger partial charge in [0.1, 0.15) is 5.82 Å². The number of halogens is 1. The number of fused-ring (bicyclic) bond motifs is 1. The van der Waals surface area contributed by atoms with Gasteiger partial charge in [0.05, 0.1) is 11.0 Å². The van der Waals surface area contributed by atoms with Crippen LogP contribution in [0, 0.1) is 17.5 Å². The summed E-state index contributed by atoms with van der Waals surface area (Å²) in [6.45, 7) is 1.75. The van der Waals surface area contributed by atoms with Crippen molar-refractivity contribution in [1.29, 1.82) is 0 Å². The molecule has 2 aromatic carbocycles. The maximum absolute atomic E-state index is 13.5. The fourth-order valence-corrected chi connectivity index (χ4v) is 2.38. The maximum Gasteiger partial charge on any atom is 0.182 e. The number of nitrogens with zero attached hydrogens (tertiary/aromatic N) is 1. The molecule has 0 spiro atoms. The number of aromatic amines is 1. The summed E-state index contributed by atoms with van der Waals surface area (Å²) in [6.07, 6.45) is 0. The second-order valence-corrected chi connectivity index (χ2v) is 4.61. The molecule has 0 unspecified atom stereocenters. The Bertz CT molecular complexity index is 772. The van der Waals surface area contributed by atoms with E-state index in [0.29, 0.717) is 15.9 Å². The van der Waals surface area contributed by atoms with Crippen LogP contribution in [0.25, 0.3) is 16.7 Å². The number of hydrogen-bond donors (Lipinski definition) is 1. The van der Waals surface area contributed by atoms with Gasteiger partial charge in [-0.3, -0.25) is 4.57 Å². The second-order valence-electron chi connectivity index (χ2n) is 4.22. The van der Waals surface area contributed by atoms with Gasteiger partial charge in [0.15, 0.2) is 4.77 Å². The molecule has 1 heterocycles. The topological polar surface area (TPSA) is 20.7 Å². The average molecular weight is 258 g/mol. The molecular formula is C14H11FN2S. The van der Waals surface area contributed by atoms with Gasteiger partial charge in [-0.25, -0.2) is 4.39 Å². The van der Waals surface area contributed by atoms with Crippen LogP contribution in [0.5, 0.6) is 0 Å². The van der Waals surface area contributed by atoms with E-state index in [1.54, 1.807) is 6.92 Å². The van der Waals surface area contributed by atoms with Crippen LogP contribution in [-0.2, 0) is 0 Å². The molecule has 4 heteroatoms. The van der Waals surface area contributed by atoms with Gasteiger partial charge in [0.25, 0.3) is 0 Å². The van der Waals surface area contributed by atoms with Crippen molar-refractivity contribution in [3.05, 3.63) is 58.6 Å². The van der Waals surface area contributed by atoms with Crippen molar-refractivity contribution in [2.24, 2.45) is 0 Å². The Morgan fingerprint density at radius 2 is 1.89 bits per heavy atom. The van der Waals surface area contributed by atoms with E-state index in [9.17, 15) is 4.39 Å². The van der Waals surface area contributed by atoms with Crippen molar-refractivity contribution < 1.29 is 4.39 Å². The Hall–Kier alpha value is -1.94. The molecule has 0 atom stereocenters. The van der Waals surface area contributed by atoms with Crippen molar-refractivity contribution in [1.82, 2.24) is 9.55 Å². The minimum absolute atomic E-state index is 0.223. The number of aromatic nitrogens is 2. The molecule has 3 aromatic rings. The molecule has 0 saturated carbocycles. The third-order valence-electron chi connectivity index (χ3n) is 2.98. The van der Waals surface area contributed by atoms with Crippen LogP contribution in [0.15, 0.2) is 42.5 Å². The van der Waals surface area contributed by atoms with Crippen molar-refractivity contribution in [3.8, 4) is 5.69 Å². The monoisotopic (exact) mass is 258 g/mol. The number of para-hydroxylation sites is 1. The summed E-state index contributed by atoms with van der Waals surface area (Å²) in [5, 5.41) is 0. The standard InChI is InChI=1S/C14H11FN2S/c1-9-7-13-12(8-11(9)15)16-14(18)17(13)10-5-3-2-4-6-10/h2-8H,1H3,(H,16,18). The number of H-pyrrole nitrogens is 1. The maximum atomic E-state index is 13.5. The third-order valence-corrected chi connectivity index (χ3v) is 3.26. The van der Waals surface area contributed by atoms with Crippen LogP contribution < -0.4 is 0 Å². The lowest BCUT2D eigenvalue weighted by Gasteiger charge is -2.04. The lowest BCUT2D eigenvalue weighted by Crippen LogP contribution is -1.93. The van der Waals surface area contributed by atoms with Crippen LogP contribution in [0.2, 0.25) is 0 Å². The molecule has 0 aliphatic rings. The van der Waals surface area contributed by atoms with Crippen LogP contribution >= 0.6 is 12.2 Å². The van der Waals surface area contributed by atoms with E-state index in [0.717, 1.165) is 11.2 Å². The molecule has 2 nitrogen and oxygen atoms in total. The third kappa shape index (κ3) is 1.66. The van der Waals surface area contributed by atoms with E-state index in [1.807, 2.05) is 41.0 Å². The molecule has 0 amide bonds. The number of hydrogen-bond acceptors (Lipinski definition) is 1.